The Morgan fingerprint density at radius 1 is 1.45 bits per heavy atom. The summed E-state index contributed by atoms with van der Waals surface area (Å²) in [6, 6.07) is 8.22. The second kappa shape index (κ2) is 5.57. The van der Waals surface area contributed by atoms with Gasteiger partial charge in [0.1, 0.15) is 0 Å². The molecule has 1 aromatic carbocycles. The third-order valence-electron chi connectivity index (χ3n) is 4.60. The maximum absolute atomic E-state index is 12.6. The first kappa shape index (κ1) is 15.0. The molecule has 0 bridgehead atoms. The molecule has 0 heterocycles. The molecule has 3 nitrogen and oxygen atoms in total. The molecule has 1 saturated carbocycles. The highest BCUT2D eigenvalue weighted by Crippen LogP contribution is 2.44. The van der Waals surface area contributed by atoms with Crippen molar-refractivity contribution in [2.45, 2.75) is 57.5 Å². The Kier molecular flexibility index (Phi) is 4.19. The number of hydrogen-bond acceptors (Lipinski definition) is 2. The monoisotopic (exact) mass is 275 g/mol. The summed E-state index contributed by atoms with van der Waals surface area (Å²) in [5, 5.41) is 13.0. The second-order valence-corrected chi connectivity index (χ2v) is 6.34. The number of aryl methyl sites for hydroxylation is 1. The molecule has 1 atom stereocenters. The third kappa shape index (κ3) is 2.88. The lowest BCUT2D eigenvalue weighted by Crippen LogP contribution is -2.52. The van der Waals surface area contributed by atoms with Gasteiger partial charge in [0.2, 0.25) is 5.91 Å². The molecule has 1 amide bonds. The van der Waals surface area contributed by atoms with Gasteiger partial charge in [-0.05, 0) is 38.7 Å². The minimum atomic E-state index is -0.826. The average molecular weight is 275 g/mol. The maximum Gasteiger partial charge on any atom is 0.230 e. The first-order valence-corrected chi connectivity index (χ1v) is 7.47. The highest BCUT2D eigenvalue weighted by molar-refractivity contribution is 5.89. The molecule has 1 aliphatic rings. The van der Waals surface area contributed by atoms with Crippen LogP contribution in [-0.4, -0.2) is 23.2 Å². The summed E-state index contributed by atoms with van der Waals surface area (Å²) >= 11 is 0. The van der Waals surface area contributed by atoms with Crippen LogP contribution in [0.15, 0.2) is 24.3 Å². The van der Waals surface area contributed by atoms with Crippen molar-refractivity contribution in [2.75, 3.05) is 6.54 Å². The lowest BCUT2D eigenvalue weighted by molar-refractivity contribution is -0.131. The Morgan fingerprint density at radius 2 is 2.15 bits per heavy atom. The molecule has 2 N–H and O–H groups in total. The van der Waals surface area contributed by atoms with Crippen molar-refractivity contribution in [1.82, 2.24) is 5.32 Å². The van der Waals surface area contributed by atoms with E-state index in [1.807, 2.05) is 19.1 Å². The zero-order valence-electron chi connectivity index (χ0n) is 12.7. The van der Waals surface area contributed by atoms with E-state index in [0.717, 1.165) is 24.8 Å². The van der Waals surface area contributed by atoms with Crippen LogP contribution in [0.25, 0.3) is 0 Å². The smallest absolute Gasteiger partial charge is 0.230 e. The molecule has 0 radical (unpaired) electrons. The van der Waals surface area contributed by atoms with Crippen molar-refractivity contribution in [3.05, 3.63) is 35.4 Å². The Balaban J connectivity index is 2.13. The zero-order chi connectivity index (χ0) is 14.8. The molecule has 1 fully saturated rings. The van der Waals surface area contributed by atoms with Gasteiger partial charge in [0.25, 0.3) is 0 Å². The quantitative estimate of drug-likeness (QED) is 0.868. The summed E-state index contributed by atoms with van der Waals surface area (Å²) in [6.45, 7) is 6.05. The number of hydrogen-bond donors (Lipinski definition) is 2. The Labute approximate surface area is 121 Å². The van der Waals surface area contributed by atoms with Gasteiger partial charge in [-0.3, -0.25) is 4.79 Å². The molecule has 2 rings (SSSR count). The number of nitrogens with one attached hydrogen (secondary N) is 1. The number of carbonyl (C=O) groups is 1. The fraction of sp³-hybridized carbons (Fsp3) is 0.588. The van der Waals surface area contributed by atoms with E-state index in [4.69, 9.17) is 0 Å². The van der Waals surface area contributed by atoms with Gasteiger partial charge in [-0.25, -0.2) is 0 Å². The molecular weight excluding hydrogens is 250 g/mol. The van der Waals surface area contributed by atoms with Crippen LogP contribution in [-0.2, 0) is 10.2 Å². The first-order chi connectivity index (χ1) is 9.39. The highest BCUT2D eigenvalue weighted by Gasteiger charge is 2.45. The number of rotatable bonds is 5. The van der Waals surface area contributed by atoms with Gasteiger partial charge in [0.05, 0.1) is 11.0 Å². The summed E-state index contributed by atoms with van der Waals surface area (Å²) in [7, 11) is 0. The molecular formula is C17H25NO2. The minimum Gasteiger partial charge on any atom is -0.388 e. The number of benzene rings is 1. The number of aliphatic hydroxyl groups is 1. The van der Waals surface area contributed by atoms with Gasteiger partial charge < -0.3 is 10.4 Å². The first-order valence-electron chi connectivity index (χ1n) is 7.47. The summed E-state index contributed by atoms with van der Waals surface area (Å²) in [5.74, 6) is 0.0584. The molecule has 0 saturated heterocycles. The van der Waals surface area contributed by atoms with Gasteiger partial charge in [-0.1, -0.05) is 43.2 Å². The molecule has 20 heavy (non-hydrogen) atoms. The Bertz CT molecular complexity index is 490. The second-order valence-electron chi connectivity index (χ2n) is 6.34. The van der Waals surface area contributed by atoms with E-state index in [1.165, 1.54) is 5.56 Å². The van der Waals surface area contributed by atoms with Crippen LogP contribution in [0.4, 0.5) is 0 Å². The fourth-order valence-corrected chi connectivity index (χ4v) is 2.68. The molecule has 110 valence electrons. The lowest BCUT2D eigenvalue weighted by Gasteiger charge is -2.41. The highest BCUT2D eigenvalue weighted by atomic mass is 16.3. The van der Waals surface area contributed by atoms with Crippen molar-refractivity contribution in [3.8, 4) is 0 Å². The SMILES string of the molecule is CCC(C)(O)CNC(=O)C1(c2cccc(C)c2)CCC1. The van der Waals surface area contributed by atoms with Crippen molar-refractivity contribution in [2.24, 2.45) is 0 Å². The summed E-state index contributed by atoms with van der Waals surface area (Å²) in [4.78, 5) is 12.6. The molecule has 1 aromatic rings. The van der Waals surface area contributed by atoms with E-state index in [0.29, 0.717) is 13.0 Å². The predicted octanol–water partition coefficient (Wildman–Crippen LogP) is 2.69. The van der Waals surface area contributed by atoms with Gasteiger partial charge in [0, 0.05) is 6.54 Å². The maximum atomic E-state index is 12.6. The van der Waals surface area contributed by atoms with E-state index >= 15 is 0 Å². The van der Waals surface area contributed by atoms with Gasteiger partial charge in [-0.15, -0.1) is 0 Å². The molecule has 0 spiro atoms. The van der Waals surface area contributed by atoms with Crippen molar-refractivity contribution >= 4 is 5.91 Å². The minimum absolute atomic E-state index is 0.0584. The number of carbonyl (C=O) groups excluding carboxylic acids is 1. The van der Waals surface area contributed by atoms with Crippen LogP contribution in [0.1, 0.15) is 50.7 Å². The van der Waals surface area contributed by atoms with Crippen LogP contribution in [0.3, 0.4) is 0 Å². The van der Waals surface area contributed by atoms with Gasteiger partial charge >= 0.3 is 0 Å². The lowest BCUT2D eigenvalue weighted by atomic mass is 9.63. The predicted molar refractivity (Wildman–Crippen MR) is 80.6 cm³/mol. The van der Waals surface area contributed by atoms with Crippen LogP contribution < -0.4 is 5.32 Å². The van der Waals surface area contributed by atoms with Gasteiger partial charge in [0.15, 0.2) is 0 Å². The van der Waals surface area contributed by atoms with E-state index in [2.05, 4.69) is 24.4 Å². The van der Waals surface area contributed by atoms with Crippen LogP contribution in [0.5, 0.6) is 0 Å². The fourth-order valence-electron chi connectivity index (χ4n) is 2.68. The largest absolute Gasteiger partial charge is 0.388 e. The standard InChI is InChI=1S/C17H25NO2/c1-4-16(3,20)12-18-15(19)17(9-6-10-17)14-8-5-7-13(2)11-14/h5,7-8,11,20H,4,6,9-10,12H2,1-3H3,(H,18,19). The van der Waals surface area contributed by atoms with E-state index < -0.39 is 5.60 Å². The number of amides is 1. The van der Waals surface area contributed by atoms with E-state index in [9.17, 15) is 9.90 Å². The van der Waals surface area contributed by atoms with Crippen molar-refractivity contribution in [3.63, 3.8) is 0 Å². The molecule has 1 aliphatic carbocycles. The van der Waals surface area contributed by atoms with E-state index in [-0.39, 0.29) is 11.3 Å². The van der Waals surface area contributed by atoms with Gasteiger partial charge in [-0.2, -0.15) is 0 Å². The third-order valence-corrected chi connectivity index (χ3v) is 4.60. The zero-order valence-corrected chi connectivity index (χ0v) is 12.7. The van der Waals surface area contributed by atoms with E-state index in [1.54, 1.807) is 6.92 Å². The Morgan fingerprint density at radius 3 is 2.65 bits per heavy atom. The molecule has 0 aromatic heterocycles. The topological polar surface area (TPSA) is 49.3 Å². The summed E-state index contributed by atoms with van der Waals surface area (Å²) < 4.78 is 0. The molecule has 1 unspecified atom stereocenters. The van der Waals surface area contributed by atoms with Crippen molar-refractivity contribution in [1.29, 1.82) is 0 Å². The average Bonchev–Trinajstić information content (AvgIpc) is 2.35. The van der Waals surface area contributed by atoms with Crippen LogP contribution in [0.2, 0.25) is 0 Å². The Hall–Kier alpha value is -1.35. The summed E-state index contributed by atoms with van der Waals surface area (Å²) in [6.07, 6.45) is 3.52. The van der Waals surface area contributed by atoms with Crippen LogP contribution in [0, 0.1) is 6.92 Å². The molecule has 3 heteroatoms. The molecule has 0 aliphatic heterocycles. The normalized spacial score (nSPS) is 19.8. The summed E-state index contributed by atoms with van der Waals surface area (Å²) in [5.41, 5.74) is 1.09. The van der Waals surface area contributed by atoms with Crippen molar-refractivity contribution < 1.29 is 9.90 Å². The van der Waals surface area contributed by atoms with Crippen LogP contribution >= 0.6 is 0 Å².